The van der Waals surface area contributed by atoms with Crippen LogP contribution in [0.2, 0.25) is 5.02 Å². The van der Waals surface area contributed by atoms with Crippen LogP contribution in [-0.4, -0.2) is 16.1 Å². The summed E-state index contributed by atoms with van der Waals surface area (Å²) in [5.41, 5.74) is 2.42. The third-order valence-corrected chi connectivity index (χ3v) is 7.69. The molecular weight excluding hydrogens is 585 g/mol. The summed E-state index contributed by atoms with van der Waals surface area (Å²) in [6.07, 6.45) is 0. The lowest BCUT2D eigenvalue weighted by Crippen LogP contribution is -2.18. The lowest BCUT2D eigenvalue weighted by Gasteiger charge is -2.12. The topological polar surface area (TPSA) is 58.2 Å². The molecule has 0 aromatic heterocycles. The van der Waals surface area contributed by atoms with Crippen LogP contribution in [0, 0.1) is 31.4 Å². The summed E-state index contributed by atoms with van der Waals surface area (Å²) in [5.74, 6) is -3.13. The summed E-state index contributed by atoms with van der Waals surface area (Å²) in [6, 6.07) is 11.6. The first-order valence-corrected chi connectivity index (χ1v) is 12.3. The number of benzene rings is 3. The maximum atomic E-state index is 14.0. The SMILES string of the molecule is Cc1cc(F)ccc1NC(=O)c1cc(NC(=O)C2C(c3cc(C)c(F)c(Br)c3)C2(Cl)Cl)ccc1Cl. The van der Waals surface area contributed by atoms with Crippen LogP contribution < -0.4 is 10.6 Å². The maximum absolute atomic E-state index is 14.0. The Balaban J connectivity index is 1.52. The molecule has 182 valence electrons. The molecule has 10 heteroatoms. The summed E-state index contributed by atoms with van der Waals surface area (Å²) in [7, 11) is 0. The Morgan fingerprint density at radius 3 is 2.34 bits per heavy atom. The first kappa shape index (κ1) is 25.9. The molecule has 4 rings (SSSR count). The summed E-state index contributed by atoms with van der Waals surface area (Å²) in [4.78, 5) is 25.8. The van der Waals surface area contributed by atoms with Crippen molar-refractivity contribution in [3.63, 3.8) is 0 Å². The average Bonchev–Trinajstić information content (AvgIpc) is 3.37. The molecule has 1 saturated carbocycles. The molecule has 35 heavy (non-hydrogen) atoms. The van der Waals surface area contributed by atoms with Crippen LogP contribution in [0.4, 0.5) is 20.2 Å². The number of hydrogen-bond acceptors (Lipinski definition) is 2. The molecule has 0 radical (unpaired) electrons. The van der Waals surface area contributed by atoms with Crippen molar-refractivity contribution < 1.29 is 18.4 Å². The molecule has 2 N–H and O–H groups in total. The minimum Gasteiger partial charge on any atom is -0.326 e. The van der Waals surface area contributed by atoms with Gasteiger partial charge in [0.25, 0.3) is 5.91 Å². The van der Waals surface area contributed by atoms with Crippen molar-refractivity contribution in [2.24, 2.45) is 5.92 Å². The van der Waals surface area contributed by atoms with Crippen LogP contribution >= 0.6 is 50.7 Å². The van der Waals surface area contributed by atoms with E-state index in [-0.39, 0.29) is 15.1 Å². The number of aryl methyl sites for hydroxylation is 2. The molecule has 0 heterocycles. The predicted octanol–water partition coefficient (Wildman–Crippen LogP) is 7.78. The Morgan fingerprint density at radius 1 is 0.971 bits per heavy atom. The lowest BCUT2D eigenvalue weighted by molar-refractivity contribution is -0.117. The van der Waals surface area contributed by atoms with Crippen LogP contribution in [0.15, 0.2) is 53.0 Å². The second-order valence-corrected chi connectivity index (χ2v) is 11.1. The zero-order valence-electron chi connectivity index (χ0n) is 18.4. The number of carbonyl (C=O) groups excluding carboxylic acids is 2. The fourth-order valence-corrected chi connectivity index (χ4v) is 5.56. The zero-order chi connectivity index (χ0) is 25.7. The van der Waals surface area contributed by atoms with E-state index in [2.05, 4.69) is 26.6 Å². The molecule has 2 amide bonds. The summed E-state index contributed by atoms with van der Waals surface area (Å²) < 4.78 is 26.2. The Bertz CT molecular complexity index is 1340. The van der Waals surface area contributed by atoms with E-state index < -0.39 is 39.6 Å². The van der Waals surface area contributed by atoms with Crippen LogP contribution in [0.3, 0.4) is 0 Å². The lowest BCUT2D eigenvalue weighted by atomic mass is 10.1. The fraction of sp³-hybridized carbons (Fsp3) is 0.200. The van der Waals surface area contributed by atoms with Crippen LogP contribution in [0.1, 0.15) is 33.0 Å². The van der Waals surface area contributed by atoms with Crippen molar-refractivity contribution in [2.75, 3.05) is 10.6 Å². The van der Waals surface area contributed by atoms with Crippen molar-refractivity contribution in [3.8, 4) is 0 Å². The number of anilines is 2. The van der Waals surface area contributed by atoms with Crippen molar-refractivity contribution >= 4 is 73.9 Å². The third kappa shape index (κ3) is 5.19. The summed E-state index contributed by atoms with van der Waals surface area (Å²) in [6.45, 7) is 3.27. The Morgan fingerprint density at radius 2 is 1.69 bits per heavy atom. The standard InChI is InChI=1S/C25H18BrCl3F2N2O2/c1-11-8-14(30)3-6-19(11)33-23(34)16-10-15(4-5-18(16)27)32-24(35)21-20(25(21,28)29)13-7-12(2)22(31)17(26)9-13/h3-10,20-21H,1-2H3,(H,32,35)(H,33,34). The Hall–Kier alpha value is -2.19. The third-order valence-electron chi connectivity index (χ3n) is 5.84. The van der Waals surface area contributed by atoms with Gasteiger partial charge in [0.1, 0.15) is 16.0 Å². The second kappa shape index (κ2) is 9.69. The maximum Gasteiger partial charge on any atom is 0.257 e. The average molecular weight is 603 g/mol. The fourth-order valence-electron chi connectivity index (χ4n) is 3.95. The van der Waals surface area contributed by atoms with E-state index in [1.54, 1.807) is 32.0 Å². The molecule has 0 aliphatic heterocycles. The smallest absolute Gasteiger partial charge is 0.257 e. The quantitative estimate of drug-likeness (QED) is 0.293. The van der Waals surface area contributed by atoms with E-state index in [4.69, 9.17) is 34.8 Å². The van der Waals surface area contributed by atoms with Crippen molar-refractivity contribution in [3.05, 3.63) is 91.9 Å². The molecule has 3 aromatic rings. The number of carbonyl (C=O) groups is 2. The van der Waals surface area contributed by atoms with Gasteiger partial charge in [-0.25, -0.2) is 8.78 Å². The van der Waals surface area contributed by atoms with Gasteiger partial charge in [-0.15, -0.1) is 23.2 Å². The summed E-state index contributed by atoms with van der Waals surface area (Å²) >= 11 is 22.2. The van der Waals surface area contributed by atoms with Gasteiger partial charge in [0.05, 0.1) is 21.0 Å². The molecular formula is C25H18BrCl3F2N2O2. The van der Waals surface area contributed by atoms with Gasteiger partial charge < -0.3 is 10.6 Å². The van der Waals surface area contributed by atoms with E-state index in [1.165, 1.54) is 30.3 Å². The van der Waals surface area contributed by atoms with Crippen molar-refractivity contribution in [1.82, 2.24) is 0 Å². The molecule has 2 atom stereocenters. The largest absolute Gasteiger partial charge is 0.326 e. The number of amides is 2. The molecule has 1 fully saturated rings. The Kier molecular flexibility index (Phi) is 7.17. The Labute approximate surface area is 224 Å². The molecule has 0 saturated heterocycles. The molecule has 1 aliphatic rings. The predicted molar refractivity (Wildman–Crippen MR) is 139 cm³/mol. The molecule has 0 spiro atoms. The number of nitrogens with one attached hydrogen (secondary N) is 2. The van der Waals surface area contributed by atoms with E-state index >= 15 is 0 Å². The minimum absolute atomic E-state index is 0.113. The van der Waals surface area contributed by atoms with E-state index in [9.17, 15) is 18.4 Å². The molecule has 2 unspecified atom stereocenters. The number of rotatable bonds is 5. The van der Waals surface area contributed by atoms with Crippen LogP contribution in [0.5, 0.6) is 0 Å². The van der Waals surface area contributed by atoms with Crippen LogP contribution in [-0.2, 0) is 4.79 Å². The van der Waals surface area contributed by atoms with Gasteiger partial charge in [-0.3, -0.25) is 9.59 Å². The highest BCUT2D eigenvalue weighted by Crippen LogP contribution is 2.65. The van der Waals surface area contributed by atoms with Crippen LogP contribution in [0.25, 0.3) is 0 Å². The highest BCUT2D eigenvalue weighted by molar-refractivity contribution is 9.10. The first-order valence-electron chi connectivity index (χ1n) is 10.4. The van der Waals surface area contributed by atoms with E-state index in [1.807, 2.05) is 0 Å². The molecule has 4 nitrogen and oxygen atoms in total. The number of halogens is 6. The second-order valence-electron chi connectivity index (χ2n) is 8.36. The van der Waals surface area contributed by atoms with Crippen molar-refractivity contribution in [2.45, 2.75) is 24.1 Å². The van der Waals surface area contributed by atoms with Gasteiger partial charge in [0.2, 0.25) is 5.91 Å². The highest BCUT2D eigenvalue weighted by atomic mass is 79.9. The number of hydrogen-bond donors (Lipinski definition) is 2. The van der Waals surface area contributed by atoms with Gasteiger partial charge in [-0.05, 0) is 88.9 Å². The normalized spacial score (nSPS) is 18.2. The molecule has 1 aliphatic carbocycles. The van der Waals surface area contributed by atoms with E-state index in [0.29, 0.717) is 28.1 Å². The zero-order valence-corrected chi connectivity index (χ0v) is 22.2. The molecule has 3 aromatic carbocycles. The minimum atomic E-state index is -1.37. The van der Waals surface area contributed by atoms with Gasteiger partial charge in [-0.2, -0.15) is 0 Å². The van der Waals surface area contributed by atoms with Gasteiger partial charge in [0, 0.05) is 17.3 Å². The molecule has 0 bridgehead atoms. The van der Waals surface area contributed by atoms with Gasteiger partial charge in [-0.1, -0.05) is 17.7 Å². The van der Waals surface area contributed by atoms with Gasteiger partial charge in [0.15, 0.2) is 0 Å². The monoisotopic (exact) mass is 600 g/mol. The van der Waals surface area contributed by atoms with Crippen molar-refractivity contribution in [1.29, 1.82) is 0 Å². The number of alkyl halides is 2. The summed E-state index contributed by atoms with van der Waals surface area (Å²) in [5, 5.41) is 5.58. The van der Waals surface area contributed by atoms with Gasteiger partial charge >= 0.3 is 0 Å². The first-order chi connectivity index (χ1) is 16.4. The van der Waals surface area contributed by atoms with E-state index in [0.717, 1.165) is 0 Å². The highest BCUT2D eigenvalue weighted by Gasteiger charge is 2.67.